The molecule has 0 atom stereocenters. The number of hydrogen-bond donors (Lipinski definition) is 3. The van der Waals surface area contributed by atoms with Crippen LogP contribution >= 0.6 is 0 Å². The lowest BCUT2D eigenvalue weighted by Gasteiger charge is -2.01. The van der Waals surface area contributed by atoms with Gasteiger partial charge in [-0.15, -0.1) is 0 Å². The lowest BCUT2D eigenvalue weighted by atomic mass is 10.1. The maximum atomic E-state index is 11.9. The van der Waals surface area contributed by atoms with E-state index in [0.29, 0.717) is 11.1 Å². The van der Waals surface area contributed by atoms with E-state index in [1.165, 1.54) is 24.4 Å². The van der Waals surface area contributed by atoms with Crippen molar-refractivity contribution in [3.63, 3.8) is 0 Å². The molecule has 0 heterocycles. The number of nitrogens with zero attached hydrogens (tertiary/aromatic N) is 2. The lowest BCUT2D eigenvalue weighted by molar-refractivity contribution is -0.117. The van der Waals surface area contributed by atoms with Crippen LogP contribution < -0.4 is 5.43 Å². The SMILES string of the molecule is N#C/C(=C/c1ccccc1O)C(=O)NN=Cc1ccccc1O. The van der Waals surface area contributed by atoms with Gasteiger partial charge in [0.15, 0.2) is 0 Å². The van der Waals surface area contributed by atoms with Crippen LogP contribution in [0.3, 0.4) is 0 Å². The summed E-state index contributed by atoms with van der Waals surface area (Å²) < 4.78 is 0. The van der Waals surface area contributed by atoms with E-state index in [9.17, 15) is 15.0 Å². The van der Waals surface area contributed by atoms with E-state index in [1.807, 2.05) is 0 Å². The number of phenols is 2. The molecule has 2 aromatic rings. The van der Waals surface area contributed by atoms with Gasteiger partial charge in [0.1, 0.15) is 23.1 Å². The van der Waals surface area contributed by atoms with Crippen molar-refractivity contribution in [3.05, 3.63) is 65.2 Å². The molecule has 0 radical (unpaired) electrons. The highest BCUT2D eigenvalue weighted by molar-refractivity contribution is 6.02. The van der Waals surface area contributed by atoms with E-state index in [2.05, 4.69) is 10.5 Å². The molecule has 0 saturated heterocycles. The maximum Gasteiger partial charge on any atom is 0.282 e. The minimum Gasteiger partial charge on any atom is -0.507 e. The van der Waals surface area contributed by atoms with Gasteiger partial charge in [-0.3, -0.25) is 4.79 Å². The second-order valence-corrected chi connectivity index (χ2v) is 4.49. The van der Waals surface area contributed by atoms with Crippen LogP contribution in [0.2, 0.25) is 0 Å². The molecular formula is C17H13N3O3. The highest BCUT2D eigenvalue weighted by Gasteiger charge is 2.09. The molecule has 23 heavy (non-hydrogen) atoms. The molecule has 0 aliphatic heterocycles. The van der Waals surface area contributed by atoms with E-state index >= 15 is 0 Å². The van der Waals surface area contributed by atoms with Gasteiger partial charge < -0.3 is 10.2 Å². The minimum atomic E-state index is -0.720. The number of hydrazone groups is 1. The van der Waals surface area contributed by atoms with Crippen LogP contribution in [0.5, 0.6) is 11.5 Å². The fraction of sp³-hybridized carbons (Fsp3) is 0. The molecule has 2 rings (SSSR count). The second kappa shape index (κ2) is 7.43. The molecule has 0 aliphatic rings. The number of hydrogen-bond acceptors (Lipinski definition) is 5. The zero-order valence-corrected chi connectivity index (χ0v) is 12.0. The predicted molar refractivity (Wildman–Crippen MR) is 85.5 cm³/mol. The lowest BCUT2D eigenvalue weighted by Crippen LogP contribution is -2.19. The fourth-order valence-corrected chi connectivity index (χ4v) is 1.73. The Labute approximate surface area is 132 Å². The molecule has 0 spiro atoms. The van der Waals surface area contributed by atoms with Gasteiger partial charge in [0, 0.05) is 11.1 Å². The number of carbonyl (C=O) groups is 1. The first-order valence-electron chi connectivity index (χ1n) is 6.63. The van der Waals surface area contributed by atoms with Crippen LogP contribution in [0.1, 0.15) is 11.1 Å². The van der Waals surface area contributed by atoms with Gasteiger partial charge in [0.25, 0.3) is 5.91 Å². The normalized spacial score (nSPS) is 11.2. The van der Waals surface area contributed by atoms with Crippen molar-refractivity contribution >= 4 is 18.2 Å². The van der Waals surface area contributed by atoms with Crippen molar-refractivity contribution in [2.24, 2.45) is 5.10 Å². The van der Waals surface area contributed by atoms with Gasteiger partial charge in [-0.05, 0) is 24.3 Å². The van der Waals surface area contributed by atoms with Gasteiger partial charge in [-0.25, -0.2) is 5.43 Å². The first-order chi connectivity index (χ1) is 11.1. The Morgan fingerprint density at radius 3 is 2.17 bits per heavy atom. The molecule has 0 saturated carbocycles. The summed E-state index contributed by atoms with van der Waals surface area (Å²) >= 11 is 0. The topological polar surface area (TPSA) is 106 Å². The summed E-state index contributed by atoms with van der Waals surface area (Å²) in [6.45, 7) is 0. The number of carbonyl (C=O) groups excluding carboxylic acids is 1. The molecule has 6 nitrogen and oxygen atoms in total. The molecule has 6 heteroatoms. The van der Waals surface area contributed by atoms with Gasteiger partial charge in [0.05, 0.1) is 6.21 Å². The molecule has 114 valence electrons. The van der Waals surface area contributed by atoms with Crippen molar-refractivity contribution in [2.45, 2.75) is 0 Å². The van der Waals surface area contributed by atoms with Crippen LogP contribution in [0, 0.1) is 11.3 Å². The summed E-state index contributed by atoms with van der Waals surface area (Å²) in [5, 5.41) is 32.0. The third-order valence-corrected chi connectivity index (χ3v) is 2.91. The molecule has 1 amide bonds. The van der Waals surface area contributed by atoms with Crippen molar-refractivity contribution in [1.29, 1.82) is 5.26 Å². The first-order valence-corrected chi connectivity index (χ1v) is 6.63. The number of benzene rings is 2. The Balaban J connectivity index is 2.11. The molecular weight excluding hydrogens is 294 g/mol. The summed E-state index contributed by atoms with van der Waals surface area (Å²) in [5.74, 6) is -0.732. The second-order valence-electron chi connectivity index (χ2n) is 4.49. The zero-order chi connectivity index (χ0) is 16.7. The average Bonchev–Trinajstić information content (AvgIpc) is 2.55. The summed E-state index contributed by atoms with van der Waals surface area (Å²) in [6, 6.07) is 14.6. The van der Waals surface area contributed by atoms with Gasteiger partial charge in [-0.1, -0.05) is 30.3 Å². The van der Waals surface area contributed by atoms with Crippen LogP contribution in [0.25, 0.3) is 6.08 Å². The fourth-order valence-electron chi connectivity index (χ4n) is 1.73. The van der Waals surface area contributed by atoms with Crippen molar-refractivity contribution in [2.75, 3.05) is 0 Å². The van der Waals surface area contributed by atoms with E-state index < -0.39 is 5.91 Å². The summed E-state index contributed by atoms with van der Waals surface area (Å²) in [6.07, 6.45) is 2.53. The monoisotopic (exact) mass is 307 g/mol. The number of aromatic hydroxyl groups is 2. The quantitative estimate of drug-likeness (QED) is 0.348. The minimum absolute atomic E-state index is 0.0238. The average molecular weight is 307 g/mol. The molecule has 0 fully saturated rings. The number of amides is 1. The smallest absolute Gasteiger partial charge is 0.282 e. The first kappa shape index (κ1) is 15.8. The number of phenolic OH excluding ortho intramolecular Hbond substituents is 2. The van der Waals surface area contributed by atoms with E-state index in [4.69, 9.17) is 5.26 Å². The Hall–Kier alpha value is -3.59. The third-order valence-electron chi connectivity index (χ3n) is 2.91. The Bertz CT molecular complexity index is 820. The van der Waals surface area contributed by atoms with Crippen molar-refractivity contribution in [1.82, 2.24) is 5.43 Å². The Morgan fingerprint density at radius 2 is 1.61 bits per heavy atom. The van der Waals surface area contributed by atoms with Gasteiger partial charge >= 0.3 is 0 Å². The summed E-state index contributed by atoms with van der Waals surface area (Å²) in [5.41, 5.74) is 2.77. The zero-order valence-electron chi connectivity index (χ0n) is 12.0. The predicted octanol–water partition coefficient (Wildman–Crippen LogP) is 2.16. The molecule has 2 aromatic carbocycles. The van der Waals surface area contributed by atoms with Gasteiger partial charge in [-0.2, -0.15) is 10.4 Å². The third kappa shape index (κ3) is 4.19. The Morgan fingerprint density at radius 1 is 1.04 bits per heavy atom. The summed E-state index contributed by atoms with van der Waals surface area (Å²) in [7, 11) is 0. The van der Waals surface area contributed by atoms with Crippen LogP contribution in [-0.4, -0.2) is 22.3 Å². The van der Waals surface area contributed by atoms with E-state index in [-0.39, 0.29) is 17.1 Å². The molecule has 0 bridgehead atoms. The maximum absolute atomic E-state index is 11.9. The van der Waals surface area contributed by atoms with E-state index in [1.54, 1.807) is 42.5 Å². The van der Waals surface area contributed by atoms with E-state index in [0.717, 1.165) is 0 Å². The molecule has 0 unspecified atom stereocenters. The standard InChI is InChI=1S/C17H13N3O3/c18-10-14(9-12-5-1-3-7-15(12)21)17(23)20-19-11-13-6-2-4-8-16(13)22/h1-9,11,21-22H,(H,20,23)/b14-9-,19-11?. The van der Waals surface area contributed by atoms with Crippen molar-refractivity contribution in [3.8, 4) is 17.6 Å². The number of rotatable bonds is 4. The number of nitrogens with one attached hydrogen (secondary N) is 1. The number of para-hydroxylation sites is 2. The highest BCUT2D eigenvalue weighted by atomic mass is 16.3. The van der Waals surface area contributed by atoms with Gasteiger partial charge in [0.2, 0.25) is 0 Å². The van der Waals surface area contributed by atoms with Crippen LogP contribution in [-0.2, 0) is 4.79 Å². The highest BCUT2D eigenvalue weighted by Crippen LogP contribution is 2.18. The van der Waals surface area contributed by atoms with Crippen molar-refractivity contribution < 1.29 is 15.0 Å². The molecule has 0 aliphatic carbocycles. The number of nitriles is 1. The van der Waals surface area contributed by atoms with Crippen LogP contribution in [0.4, 0.5) is 0 Å². The Kier molecular flexibility index (Phi) is 5.10. The summed E-state index contributed by atoms with van der Waals surface area (Å²) in [4.78, 5) is 11.9. The molecule has 3 N–H and O–H groups in total. The van der Waals surface area contributed by atoms with Crippen LogP contribution in [0.15, 0.2) is 59.2 Å². The largest absolute Gasteiger partial charge is 0.507 e. The molecule has 0 aromatic heterocycles.